The first-order valence-corrected chi connectivity index (χ1v) is 6.41. The fourth-order valence-corrected chi connectivity index (χ4v) is 2.42. The van der Waals surface area contributed by atoms with Gasteiger partial charge in [-0.15, -0.1) is 0 Å². The monoisotopic (exact) mass is 306 g/mol. The lowest BCUT2D eigenvalue weighted by Gasteiger charge is -2.05. The zero-order chi connectivity index (χ0) is 15.6. The van der Waals surface area contributed by atoms with Crippen LogP contribution in [0.2, 0.25) is 0 Å². The van der Waals surface area contributed by atoms with E-state index in [1.54, 1.807) is 6.07 Å². The molecule has 1 aromatic heterocycles. The lowest BCUT2D eigenvalue weighted by molar-refractivity contribution is -0.385. The average Bonchev–Trinajstić information content (AvgIpc) is 2.83. The van der Waals surface area contributed by atoms with Crippen LogP contribution in [0.5, 0.6) is 10.8 Å². The maximum absolute atomic E-state index is 13.5. The van der Waals surface area contributed by atoms with Crippen molar-refractivity contribution in [2.24, 2.45) is 0 Å². The summed E-state index contributed by atoms with van der Waals surface area (Å²) < 4.78 is 18.7. The molecule has 0 aliphatic heterocycles. The van der Waals surface area contributed by atoms with Crippen molar-refractivity contribution in [2.45, 2.75) is 6.92 Å². The van der Waals surface area contributed by atoms with Crippen molar-refractivity contribution in [1.82, 2.24) is 0 Å². The van der Waals surface area contributed by atoms with Crippen LogP contribution in [-0.2, 0) is 0 Å². The Balaban J connectivity index is 2.49. The van der Waals surface area contributed by atoms with E-state index in [1.165, 1.54) is 19.1 Å². The van der Waals surface area contributed by atoms with Crippen LogP contribution in [0.4, 0.5) is 10.1 Å². The highest BCUT2D eigenvalue weighted by molar-refractivity contribution is 7.16. The number of carbonyl (C=O) groups excluding carboxylic acids is 1. The van der Waals surface area contributed by atoms with Crippen LogP contribution < -0.4 is 4.74 Å². The summed E-state index contributed by atoms with van der Waals surface area (Å²) in [6, 6.07) is 6.43. The highest BCUT2D eigenvalue weighted by Crippen LogP contribution is 2.40. The Kier molecular flexibility index (Phi) is 3.95. The first-order chi connectivity index (χ1) is 9.93. The van der Waals surface area contributed by atoms with E-state index in [0.29, 0.717) is 0 Å². The molecule has 1 heterocycles. The van der Waals surface area contributed by atoms with Crippen molar-refractivity contribution in [3.63, 3.8) is 0 Å². The number of Topliss-reactive ketones (excluding diaryl/α,β-unsaturated/α-hetero) is 1. The van der Waals surface area contributed by atoms with Crippen LogP contribution in [0, 0.1) is 27.3 Å². The molecule has 21 heavy (non-hydrogen) atoms. The van der Waals surface area contributed by atoms with Crippen LogP contribution in [0.1, 0.15) is 22.2 Å². The smallest absolute Gasteiger partial charge is 0.323 e. The summed E-state index contributed by atoms with van der Waals surface area (Å²) in [6.45, 7) is 1.27. The van der Waals surface area contributed by atoms with Crippen molar-refractivity contribution < 1.29 is 18.8 Å². The maximum atomic E-state index is 13.5. The molecule has 2 aromatic rings. The van der Waals surface area contributed by atoms with Gasteiger partial charge in [0.25, 0.3) is 5.06 Å². The van der Waals surface area contributed by atoms with E-state index in [2.05, 4.69) is 0 Å². The minimum Gasteiger partial charge on any atom is -0.438 e. The molecule has 0 bridgehead atoms. The Labute approximate surface area is 122 Å². The predicted molar refractivity (Wildman–Crippen MR) is 72.2 cm³/mol. The summed E-state index contributed by atoms with van der Waals surface area (Å²) >= 11 is 0.771. The first kappa shape index (κ1) is 14.6. The number of nitro groups is 1. The van der Waals surface area contributed by atoms with E-state index < -0.39 is 16.4 Å². The number of benzene rings is 1. The second kappa shape index (κ2) is 5.68. The molecule has 0 aliphatic carbocycles. The normalized spacial score (nSPS) is 9.95. The molecule has 0 radical (unpaired) electrons. The van der Waals surface area contributed by atoms with Gasteiger partial charge in [-0.1, -0.05) is 17.4 Å². The number of thiophene rings is 1. The van der Waals surface area contributed by atoms with Crippen LogP contribution in [0.15, 0.2) is 24.3 Å². The molecule has 0 atom stereocenters. The van der Waals surface area contributed by atoms with Gasteiger partial charge in [-0.3, -0.25) is 14.9 Å². The minimum atomic E-state index is -0.791. The summed E-state index contributed by atoms with van der Waals surface area (Å²) in [5.74, 6) is -1.28. The van der Waals surface area contributed by atoms with Gasteiger partial charge in [0, 0.05) is 6.07 Å². The number of nitrogens with zero attached hydrogens (tertiary/aromatic N) is 2. The Hall–Kier alpha value is -2.79. The number of hydrogen-bond donors (Lipinski definition) is 0. The Morgan fingerprint density at radius 3 is 2.81 bits per heavy atom. The molecule has 1 aromatic carbocycles. The number of nitriles is 1. The largest absolute Gasteiger partial charge is 0.438 e. The Morgan fingerprint density at radius 2 is 2.24 bits per heavy atom. The number of rotatable bonds is 4. The molecule has 0 saturated carbocycles. The number of ether oxygens (including phenoxy) is 1. The predicted octanol–water partition coefficient (Wildman–Crippen LogP) is 3.66. The van der Waals surface area contributed by atoms with Crippen molar-refractivity contribution in [3.05, 3.63) is 50.6 Å². The molecule has 0 amide bonds. The number of carbonyl (C=O) groups is 1. The first-order valence-electron chi connectivity index (χ1n) is 5.59. The summed E-state index contributed by atoms with van der Waals surface area (Å²) in [5.41, 5.74) is -0.761. The van der Waals surface area contributed by atoms with Gasteiger partial charge in [0.1, 0.15) is 23.2 Å². The quantitative estimate of drug-likeness (QED) is 0.488. The van der Waals surface area contributed by atoms with E-state index in [0.717, 1.165) is 23.5 Å². The third kappa shape index (κ3) is 2.88. The molecule has 2 rings (SSSR count). The van der Waals surface area contributed by atoms with Crippen molar-refractivity contribution in [2.75, 3.05) is 0 Å². The molecule has 0 N–H and O–H groups in total. The molecule has 0 saturated heterocycles. The fourth-order valence-electron chi connectivity index (χ4n) is 1.54. The minimum absolute atomic E-state index is 0.141. The van der Waals surface area contributed by atoms with E-state index in [4.69, 9.17) is 10.00 Å². The average molecular weight is 306 g/mol. The maximum Gasteiger partial charge on any atom is 0.323 e. The molecular formula is C13H7FN2O4S. The second-order valence-electron chi connectivity index (χ2n) is 3.92. The van der Waals surface area contributed by atoms with E-state index in [9.17, 15) is 19.3 Å². The lowest BCUT2D eigenvalue weighted by atomic mass is 10.2. The molecule has 106 valence electrons. The third-order valence-corrected chi connectivity index (χ3v) is 3.62. The summed E-state index contributed by atoms with van der Waals surface area (Å²) in [6.07, 6.45) is 0. The van der Waals surface area contributed by atoms with Gasteiger partial charge in [0.05, 0.1) is 9.80 Å². The SMILES string of the molecule is CC(=O)c1cc([N+](=O)[O-])c(Oc2cccc(F)c2C#N)s1. The Morgan fingerprint density at radius 1 is 1.52 bits per heavy atom. The standard InChI is InChI=1S/C13H7FN2O4S/c1-7(17)12-5-10(16(18)19)13(21-12)20-11-4-2-3-9(14)8(11)6-15/h2-5H,1H3. The van der Waals surface area contributed by atoms with E-state index in [1.807, 2.05) is 0 Å². The molecule has 8 heteroatoms. The lowest BCUT2D eigenvalue weighted by Crippen LogP contribution is -1.93. The highest BCUT2D eigenvalue weighted by atomic mass is 32.1. The molecule has 0 unspecified atom stereocenters. The summed E-state index contributed by atoms with van der Waals surface area (Å²) in [7, 11) is 0. The van der Waals surface area contributed by atoms with Crippen LogP contribution in [0.25, 0.3) is 0 Å². The molecular weight excluding hydrogens is 299 g/mol. The highest BCUT2D eigenvalue weighted by Gasteiger charge is 2.24. The van der Waals surface area contributed by atoms with Gasteiger partial charge in [0.15, 0.2) is 5.78 Å². The fraction of sp³-hybridized carbons (Fsp3) is 0.0769. The van der Waals surface area contributed by atoms with Gasteiger partial charge in [0.2, 0.25) is 0 Å². The zero-order valence-electron chi connectivity index (χ0n) is 10.6. The molecule has 0 aliphatic rings. The van der Waals surface area contributed by atoms with Crippen LogP contribution in [0.3, 0.4) is 0 Å². The topological polar surface area (TPSA) is 93.2 Å². The van der Waals surface area contributed by atoms with E-state index >= 15 is 0 Å². The van der Waals surface area contributed by atoms with Gasteiger partial charge >= 0.3 is 5.69 Å². The number of halogens is 1. The molecule has 0 fully saturated rings. The zero-order valence-corrected chi connectivity index (χ0v) is 11.4. The van der Waals surface area contributed by atoms with Crippen molar-refractivity contribution in [1.29, 1.82) is 5.26 Å². The van der Waals surface area contributed by atoms with Gasteiger partial charge in [-0.05, 0) is 19.1 Å². The third-order valence-electron chi connectivity index (χ3n) is 2.51. The molecule has 0 spiro atoms. The molecule has 6 nitrogen and oxygen atoms in total. The van der Waals surface area contributed by atoms with Crippen molar-refractivity contribution >= 4 is 22.8 Å². The van der Waals surface area contributed by atoms with Crippen LogP contribution in [-0.4, -0.2) is 10.7 Å². The van der Waals surface area contributed by atoms with Gasteiger partial charge in [-0.25, -0.2) is 4.39 Å². The van der Waals surface area contributed by atoms with Crippen LogP contribution >= 0.6 is 11.3 Å². The van der Waals surface area contributed by atoms with E-state index in [-0.39, 0.29) is 27.0 Å². The number of hydrogen-bond acceptors (Lipinski definition) is 6. The van der Waals surface area contributed by atoms with Gasteiger partial charge < -0.3 is 4.74 Å². The van der Waals surface area contributed by atoms with Crippen molar-refractivity contribution in [3.8, 4) is 16.9 Å². The Bertz CT molecular complexity index is 779. The second-order valence-corrected chi connectivity index (χ2v) is 4.94. The summed E-state index contributed by atoms with van der Waals surface area (Å²) in [5, 5.41) is 19.7. The number of ketones is 1. The van der Waals surface area contributed by atoms with Gasteiger partial charge in [-0.2, -0.15) is 5.26 Å². The summed E-state index contributed by atoms with van der Waals surface area (Å²) in [4.78, 5) is 21.7.